The molecule has 1 unspecified atom stereocenters. The van der Waals surface area contributed by atoms with E-state index in [1.807, 2.05) is 24.4 Å². The first-order valence-corrected chi connectivity index (χ1v) is 12.9. The molecule has 0 heterocycles. The lowest BCUT2D eigenvalue weighted by Gasteiger charge is -2.58. The fourth-order valence-electron chi connectivity index (χ4n) is 6.94. The Hall–Kier alpha value is -1.84. The van der Waals surface area contributed by atoms with Crippen molar-refractivity contribution in [1.82, 2.24) is 0 Å². The summed E-state index contributed by atoms with van der Waals surface area (Å²) in [6, 6.07) is 6.10. The van der Waals surface area contributed by atoms with Gasteiger partial charge in [0.25, 0.3) is 0 Å². The monoisotopic (exact) mass is 439 g/mol. The molecule has 32 heavy (non-hydrogen) atoms. The van der Waals surface area contributed by atoms with Crippen molar-refractivity contribution in [3.05, 3.63) is 23.8 Å². The number of aliphatic imine (C=N–C) groups is 1. The van der Waals surface area contributed by atoms with Gasteiger partial charge in [0.1, 0.15) is 0 Å². The van der Waals surface area contributed by atoms with Crippen LogP contribution in [0.15, 0.2) is 23.2 Å². The number of rotatable bonds is 11. The highest BCUT2D eigenvalue weighted by atomic mass is 16.6. The third kappa shape index (κ3) is 5.38. The Bertz CT molecular complexity index is 780. The van der Waals surface area contributed by atoms with Crippen LogP contribution in [-0.4, -0.2) is 25.3 Å². The highest BCUT2D eigenvalue weighted by Crippen LogP contribution is 2.61. The minimum Gasteiger partial charge on any atom is -0.493 e. The van der Waals surface area contributed by atoms with Crippen LogP contribution in [0.2, 0.25) is 0 Å². The van der Waals surface area contributed by atoms with E-state index in [1.54, 1.807) is 7.11 Å². The minimum atomic E-state index is -0.184. The van der Waals surface area contributed by atoms with Crippen LogP contribution < -0.4 is 9.47 Å². The predicted octanol–water partition coefficient (Wildman–Crippen LogP) is 6.98. The van der Waals surface area contributed by atoms with Gasteiger partial charge in [-0.1, -0.05) is 32.6 Å². The van der Waals surface area contributed by atoms with E-state index in [1.165, 1.54) is 57.8 Å². The van der Waals surface area contributed by atoms with Crippen LogP contribution >= 0.6 is 0 Å². The van der Waals surface area contributed by atoms with Gasteiger partial charge in [0, 0.05) is 12.6 Å². The molecule has 0 saturated heterocycles. The van der Waals surface area contributed by atoms with Gasteiger partial charge >= 0.3 is 5.97 Å². The molecular formula is C28H41NO3. The van der Waals surface area contributed by atoms with E-state index < -0.39 is 0 Å². The van der Waals surface area contributed by atoms with Gasteiger partial charge in [0.05, 0.1) is 13.2 Å². The molecular weight excluding hydrogens is 398 g/mol. The van der Waals surface area contributed by atoms with E-state index in [9.17, 15) is 4.79 Å². The van der Waals surface area contributed by atoms with E-state index in [0.29, 0.717) is 29.4 Å². The molecule has 0 aromatic heterocycles. The first kappa shape index (κ1) is 23.3. The zero-order chi connectivity index (χ0) is 22.6. The summed E-state index contributed by atoms with van der Waals surface area (Å²) in [5, 5.41) is 0. The zero-order valence-corrected chi connectivity index (χ0v) is 20.3. The van der Waals surface area contributed by atoms with Crippen LogP contribution in [0, 0.1) is 23.2 Å². The maximum Gasteiger partial charge on any atom is 0.311 e. The van der Waals surface area contributed by atoms with E-state index in [4.69, 9.17) is 14.5 Å². The second-order valence-corrected chi connectivity index (χ2v) is 10.8. The molecule has 4 bridgehead atoms. The van der Waals surface area contributed by atoms with E-state index >= 15 is 0 Å². The fourth-order valence-corrected chi connectivity index (χ4v) is 6.94. The molecule has 0 spiro atoms. The predicted molar refractivity (Wildman–Crippen MR) is 130 cm³/mol. The average molecular weight is 440 g/mol. The number of hydrogen-bond acceptors (Lipinski definition) is 4. The SMILES string of the molecule is CCCCCCCC(=O)Oc1ccc(C=NC(C)C23CC4CC(CC(C4)C2)C3)cc1OC. The normalized spacial score (nSPS) is 29.4. The van der Waals surface area contributed by atoms with E-state index in [-0.39, 0.29) is 5.97 Å². The Balaban J connectivity index is 1.34. The van der Waals surface area contributed by atoms with Crippen LogP contribution in [0.1, 0.15) is 96.5 Å². The summed E-state index contributed by atoms with van der Waals surface area (Å²) in [6.07, 6.45) is 16.5. The van der Waals surface area contributed by atoms with Crippen molar-refractivity contribution >= 4 is 12.2 Å². The van der Waals surface area contributed by atoms with E-state index in [0.717, 1.165) is 36.2 Å². The van der Waals surface area contributed by atoms with Crippen molar-refractivity contribution in [2.24, 2.45) is 28.2 Å². The molecule has 176 valence electrons. The molecule has 4 heteroatoms. The maximum atomic E-state index is 12.2. The van der Waals surface area contributed by atoms with Gasteiger partial charge in [0.2, 0.25) is 0 Å². The molecule has 4 aliphatic carbocycles. The van der Waals surface area contributed by atoms with Gasteiger partial charge in [-0.3, -0.25) is 9.79 Å². The van der Waals surface area contributed by atoms with Crippen molar-refractivity contribution < 1.29 is 14.3 Å². The number of ether oxygens (including phenoxy) is 2. The largest absolute Gasteiger partial charge is 0.493 e. The standard InChI is InChI=1S/C28H41NO3/c1-4-5-6-7-8-9-27(30)32-25-11-10-21(15-26(25)31-3)19-29-20(2)28-16-22-12-23(17-28)14-24(13-22)18-28/h10-11,15,19-20,22-24H,4-9,12-14,16-18H2,1-3H3. The summed E-state index contributed by atoms with van der Waals surface area (Å²) in [5.41, 5.74) is 1.42. The highest BCUT2D eigenvalue weighted by Gasteiger charge is 2.53. The lowest BCUT2D eigenvalue weighted by Crippen LogP contribution is -2.50. The number of methoxy groups -OCH3 is 1. The Morgan fingerprint density at radius 3 is 2.34 bits per heavy atom. The second kappa shape index (κ2) is 10.4. The van der Waals surface area contributed by atoms with Crippen molar-refractivity contribution in [3.8, 4) is 11.5 Å². The van der Waals surface area contributed by atoms with Crippen molar-refractivity contribution in [2.75, 3.05) is 7.11 Å². The second-order valence-electron chi connectivity index (χ2n) is 10.8. The van der Waals surface area contributed by atoms with Crippen LogP contribution in [0.5, 0.6) is 11.5 Å². The highest BCUT2D eigenvalue weighted by molar-refractivity contribution is 5.82. The Morgan fingerprint density at radius 2 is 1.72 bits per heavy atom. The summed E-state index contributed by atoms with van der Waals surface area (Å²) >= 11 is 0. The molecule has 1 atom stereocenters. The first-order valence-electron chi connectivity index (χ1n) is 12.9. The Kier molecular flexibility index (Phi) is 7.58. The molecule has 4 saturated carbocycles. The third-order valence-electron chi connectivity index (χ3n) is 8.31. The van der Waals surface area contributed by atoms with Gasteiger partial charge in [-0.15, -0.1) is 0 Å². The summed E-state index contributed by atoms with van der Waals surface area (Å²) < 4.78 is 11.1. The Morgan fingerprint density at radius 1 is 1.06 bits per heavy atom. The van der Waals surface area contributed by atoms with Gasteiger partial charge in [-0.05, 0) is 98.8 Å². The van der Waals surface area contributed by atoms with Gasteiger partial charge in [0.15, 0.2) is 11.5 Å². The molecule has 0 aliphatic heterocycles. The summed E-state index contributed by atoms with van der Waals surface area (Å²) in [4.78, 5) is 17.2. The number of unbranched alkanes of at least 4 members (excludes halogenated alkanes) is 4. The fraction of sp³-hybridized carbons (Fsp3) is 0.714. The lowest BCUT2D eigenvalue weighted by molar-refractivity contribution is -0.134. The molecule has 5 rings (SSSR count). The topological polar surface area (TPSA) is 47.9 Å². The van der Waals surface area contributed by atoms with Crippen LogP contribution in [0.3, 0.4) is 0 Å². The van der Waals surface area contributed by atoms with Crippen LogP contribution in [0.25, 0.3) is 0 Å². The minimum absolute atomic E-state index is 0.184. The lowest BCUT2D eigenvalue weighted by atomic mass is 9.48. The molecule has 4 fully saturated rings. The molecule has 0 amide bonds. The van der Waals surface area contributed by atoms with Gasteiger partial charge in [-0.25, -0.2) is 0 Å². The zero-order valence-electron chi connectivity index (χ0n) is 20.3. The summed E-state index contributed by atoms with van der Waals surface area (Å²) in [7, 11) is 1.62. The molecule has 1 aromatic carbocycles. The number of nitrogens with zero attached hydrogens (tertiary/aromatic N) is 1. The number of carbonyl (C=O) groups excluding carboxylic acids is 1. The molecule has 0 N–H and O–H groups in total. The number of esters is 1. The first-order chi connectivity index (χ1) is 15.5. The van der Waals surface area contributed by atoms with Crippen molar-refractivity contribution in [3.63, 3.8) is 0 Å². The number of benzene rings is 1. The molecule has 4 aliphatic rings. The molecule has 4 nitrogen and oxygen atoms in total. The van der Waals surface area contributed by atoms with Gasteiger partial charge < -0.3 is 9.47 Å². The average Bonchev–Trinajstić information content (AvgIpc) is 2.77. The summed E-state index contributed by atoms with van der Waals surface area (Å²) in [6.45, 7) is 4.51. The molecule has 1 aromatic rings. The number of hydrogen-bond donors (Lipinski definition) is 0. The van der Waals surface area contributed by atoms with Crippen molar-refractivity contribution in [2.45, 2.75) is 96.9 Å². The molecule has 0 radical (unpaired) electrons. The van der Waals surface area contributed by atoms with Crippen LogP contribution in [-0.2, 0) is 4.79 Å². The number of carbonyl (C=O) groups is 1. The smallest absolute Gasteiger partial charge is 0.311 e. The van der Waals surface area contributed by atoms with Crippen LogP contribution in [0.4, 0.5) is 0 Å². The van der Waals surface area contributed by atoms with E-state index in [2.05, 4.69) is 13.8 Å². The Labute approximate surface area is 194 Å². The van der Waals surface area contributed by atoms with Gasteiger partial charge in [-0.2, -0.15) is 0 Å². The maximum absolute atomic E-state index is 12.2. The summed E-state index contributed by atoms with van der Waals surface area (Å²) in [5.74, 6) is 3.74. The quantitative estimate of drug-likeness (QED) is 0.162. The van der Waals surface area contributed by atoms with Crippen molar-refractivity contribution in [1.29, 1.82) is 0 Å². The third-order valence-corrected chi connectivity index (χ3v) is 8.31.